The van der Waals surface area contributed by atoms with E-state index in [1.165, 1.54) is 0 Å². The summed E-state index contributed by atoms with van der Waals surface area (Å²) in [6.07, 6.45) is 4.17. The lowest BCUT2D eigenvalue weighted by Gasteiger charge is -2.08. The number of aromatic amines is 1. The number of pyridine rings is 1. The van der Waals surface area contributed by atoms with Crippen LogP contribution < -0.4 is 5.73 Å². The summed E-state index contributed by atoms with van der Waals surface area (Å²) < 4.78 is 1.86. The van der Waals surface area contributed by atoms with Gasteiger partial charge in [0.2, 0.25) is 0 Å². The zero-order chi connectivity index (χ0) is 18.3. The Hall–Kier alpha value is -3.22. The minimum absolute atomic E-state index is 0.187. The van der Waals surface area contributed by atoms with Crippen LogP contribution in [0.3, 0.4) is 0 Å². The summed E-state index contributed by atoms with van der Waals surface area (Å²) in [6, 6.07) is 7.92. The van der Waals surface area contributed by atoms with Gasteiger partial charge >= 0.3 is 0 Å². The monoisotopic (exact) mass is 348 g/mol. The van der Waals surface area contributed by atoms with Gasteiger partial charge in [-0.1, -0.05) is 13.0 Å². The summed E-state index contributed by atoms with van der Waals surface area (Å²) in [5.74, 6) is 0.862. The minimum Gasteiger partial charge on any atom is -0.383 e. The topological polar surface area (TPSA) is 102 Å². The fourth-order valence-electron chi connectivity index (χ4n) is 3.37. The summed E-state index contributed by atoms with van der Waals surface area (Å²) in [5, 5.41) is 13.4. The largest absolute Gasteiger partial charge is 0.383 e. The van der Waals surface area contributed by atoms with Crippen molar-refractivity contribution in [2.24, 2.45) is 5.92 Å². The second-order valence-electron chi connectivity index (χ2n) is 6.82. The predicted molar refractivity (Wildman–Crippen MR) is 101 cm³/mol. The molecule has 4 rings (SSSR count). The van der Waals surface area contributed by atoms with E-state index in [2.05, 4.69) is 15.2 Å². The first-order valence-corrected chi connectivity index (χ1v) is 8.57. The number of carbonyl (C=O) groups is 1. The first-order valence-electron chi connectivity index (χ1n) is 8.57. The number of carbonyl (C=O) groups excluding carboxylic acids is 1. The van der Waals surface area contributed by atoms with E-state index in [0.717, 1.165) is 33.1 Å². The van der Waals surface area contributed by atoms with E-state index in [-0.39, 0.29) is 11.7 Å². The molecule has 7 heteroatoms. The van der Waals surface area contributed by atoms with Gasteiger partial charge in [0.1, 0.15) is 17.1 Å². The molecule has 132 valence electrons. The maximum Gasteiger partial charge on any atom is 0.135 e. The third-order valence-electron chi connectivity index (χ3n) is 4.48. The quantitative estimate of drug-likeness (QED) is 0.577. The van der Waals surface area contributed by atoms with Crippen molar-refractivity contribution >= 4 is 33.4 Å². The number of rotatable bonds is 5. The molecule has 0 aliphatic rings. The molecule has 0 saturated carbocycles. The van der Waals surface area contributed by atoms with E-state index in [9.17, 15) is 4.79 Å². The van der Waals surface area contributed by atoms with Crippen LogP contribution in [-0.4, -0.2) is 30.7 Å². The SMILES string of the molecule is CC(=O)CC(C)Cn1cc2c(N)nc3cc(-c4ccn[nH]4)ccc3c2n1. The molecule has 0 saturated heterocycles. The Kier molecular flexibility index (Phi) is 3.91. The summed E-state index contributed by atoms with van der Waals surface area (Å²) in [6.45, 7) is 4.33. The Morgan fingerprint density at radius 2 is 2.15 bits per heavy atom. The van der Waals surface area contributed by atoms with Crippen molar-refractivity contribution < 1.29 is 4.79 Å². The average Bonchev–Trinajstić information content (AvgIpc) is 3.23. The number of anilines is 1. The molecule has 0 aliphatic carbocycles. The third kappa shape index (κ3) is 2.92. The Morgan fingerprint density at radius 3 is 2.88 bits per heavy atom. The number of fused-ring (bicyclic) bond motifs is 3. The zero-order valence-electron chi connectivity index (χ0n) is 14.7. The van der Waals surface area contributed by atoms with Crippen LogP contribution in [-0.2, 0) is 11.3 Å². The molecule has 26 heavy (non-hydrogen) atoms. The van der Waals surface area contributed by atoms with Crippen molar-refractivity contribution in [2.45, 2.75) is 26.8 Å². The molecule has 3 heterocycles. The lowest BCUT2D eigenvalue weighted by Crippen LogP contribution is -2.11. The van der Waals surface area contributed by atoms with Gasteiger partial charge in [-0.25, -0.2) is 4.98 Å². The lowest BCUT2D eigenvalue weighted by molar-refractivity contribution is -0.117. The molecule has 0 fully saturated rings. The van der Waals surface area contributed by atoms with E-state index in [1.54, 1.807) is 13.1 Å². The van der Waals surface area contributed by atoms with Crippen LogP contribution in [0.15, 0.2) is 36.7 Å². The van der Waals surface area contributed by atoms with Crippen LogP contribution >= 0.6 is 0 Å². The van der Waals surface area contributed by atoms with Crippen LogP contribution in [0, 0.1) is 5.92 Å². The number of benzene rings is 1. The van der Waals surface area contributed by atoms with Gasteiger partial charge in [-0.3, -0.25) is 9.78 Å². The number of Topliss-reactive ketones (excluding diaryl/α,β-unsaturated/α-hetero) is 1. The second kappa shape index (κ2) is 6.25. The summed E-state index contributed by atoms with van der Waals surface area (Å²) >= 11 is 0. The van der Waals surface area contributed by atoms with Crippen molar-refractivity contribution in [1.29, 1.82) is 0 Å². The molecule has 1 aromatic carbocycles. The van der Waals surface area contributed by atoms with Gasteiger partial charge in [0.25, 0.3) is 0 Å². The lowest BCUT2D eigenvalue weighted by atomic mass is 10.1. The molecular formula is C19H20N6O. The van der Waals surface area contributed by atoms with Crippen LogP contribution in [0.2, 0.25) is 0 Å². The number of hydrogen-bond acceptors (Lipinski definition) is 5. The highest BCUT2D eigenvalue weighted by atomic mass is 16.1. The number of hydrogen-bond donors (Lipinski definition) is 2. The molecule has 0 bridgehead atoms. The Labute approximate surface area is 150 Å². The Balaban J connectivity index is 1.78. The van der Waals surface area contributed by atoms with Crippen LogP contribution in [0.1, 0.15) is 20.3 Å². The number of nitrogens with zero attached hydrogens (tertiary/aromatic N) is 4. The maximum atomic E-state index is 11.3. The number of H-pyrrole nitrogens is 1. The molecule has 1 unspecified atom stereocenters. The number of ketones is 1. The number of aromatic nitrogens is 5. The molecule has 0 amide bonds. The van der Waals surface area contributed by atoms with Gasteiger partial charge < -0.3 is 10.5 Å². The van der Waals surface area contributed by atoms with E-state index in [4.69, 9.17) is 10.8 Å². The van der Waals surface area contributed by atoms with Crippen LogP contribution in [0.5, 0.6) is 0 Å². The fraction of sp³-hybridized carbons (Fsp3) is 0.263. The molecule has 0 aliphatic heterocycles. The average molecular weight is 348 g/mol. The molecule has 3 N–H and O–H groups in total. The smallest absolute Gasteiger partial charge is 0.135 e. The Bertz CT molecular complexity index is 1100. The van der Waals surface area contributed by atoms with Gasteiger partial charge in [-0.15, -0.1) is 0 Å². The zero-order valence-corrected chi connectivity index (χ0v) is 14.7. The molecule has 4 aromatic rings. The molecule has 7 nitrogen and oxygen atoms in total. The van der Waals surface area contributed by atoms with Gasteiger partial charge in [0.05, 0.1) is 16.6 Å². The highest BCUT2D eigenvalue weighted by Crippen LogP contribution is 2.30. The molecule has 1 atom stereocenters. The van der Waals surface area contributed by atoms with Gasteiger partial charge in [0.15, 0.2) is 0 Å². The minimum atomic E-state index is 0.187. The van der Waals surface area contributed by atoms with Crippen molar-refractivity contribution in [3.05, 3.63) is 36.7 Å². The predicted octanol–water partition coefficient (Wildman–Crippen LogP) is 3.17. The van der Waals surface area contributed by atoms with E-state index >= 15 is 0 Å². The fourth-order valence-corrected chi connectivity index (χ4v) is 3.37. The molecule has 0 radical (unpaired) electrons. The first kappa shape index (κ1) is 16.3. The third-order valence-corrected chi connectivity index (χ3v) is 4.48. The van der Waals surface area contributed by atoms with Crippen molar-refractivity contribution in [3.8, 4) is 11.3 Å². The number of nitrogens with one attached hydrogen (secondary N) is 1. The van der Waals surface area contributed by atoms with Crippen molar-refractivity contribution in [3.63, 3.8) is 0 Å². The highest BCUT2D eigenvalue weighted by molar-refractivity contribution is 6.08. The van der Waals surface area contributed by atoms with Gasteiger partial charge in [-0.05, 0) is 31.0 Å². The number of nitrogens with two attached hydrogens (primary N) is 1. The molecule has 0 spiro atoms. The van der Waals surface area contributed by atoms with E-state index in [1.807, 2.05) is 42.1 Å². The van der Waals surface area contributed by atoms with Crippen molar-refractivity contribution in [1.82, 2.24) is 25.0 Å². The van der Waals surface area contributed by atoms with Gasteiger partial charge in [-0.2, -0.15) is 10.2 Å². The Morgan fingerprint density at radius 1 is 1.31 bits per heavy atom. The summed E-state index contributed by atoms with van der Waals surface area (Å²) in [4.78, 5) is 15.9. The standard InChI is InChI=1S/C19H20N6O/c1-11(7-12(2)26)9-25-10-15-18(24-25)14-4-3-13(16-5-6-21-23-16)8-17(14)22-19(15)20/h3-6,8,10-11H,7,9H2,1-2H3,(H2,20,22)(H,21,23). The van der Waals surface area contributed by atoms with E-state index < -0.39 is 0 Å². The number of nitrogen functional groups attached to an aromatic ring is 1. The molecule has 3 aromatic heterocycles. The normalized spacial score (nSPS) is 12.7. The second-order valence-corrected chi connectivity index (χ2v) is 6.82. The van der Waals surface area contributed by atoms with E-state index in [0.29, 0.717) is 18.8 Å². The summed E-state index contributed by atoms with van der Waals surface area (Å²) in [7, 11) is 0. The molecular weight excluding hydrogens is 328 g/mol. The van der Waals surface area contributed by atoms with Gasteiger partial charge in [0, 0.05) is 36.3 Å². The van der Waals surface area contributed by atoms with Crippen LogP contribution in [0.4, 0.5) is 5.82 Å². The highest BCUT2D eigenvalue weighted by Gasteiger charge is 2.14. The summed E-state index contributed by atoms with van der Waals surface area (Å²) in [5.41, 5.74) is 9.73. The van der Waals surface area contributed by atoms with Crippen LogP contribution in [0.25, 0.3) is 33.1 Å². The van der Waals surface area contributed by atoms with Crippen molar-refractivity contribution in [2.75, 3.05) is 5.73 Å². The maximum absolute atomic E-state index is 11.3. The first-order chi connectivity index (χ1) is 12.5.